The molecule has 106 valence electrons. The molecule has 0 amide bonds. The minimum Gasteiger partial charge on any atom is -0.370 e. The summed E-state index contributed by atoms with van der Waals surface area (Å²) in [5.41, 5.74) is 5.99. The maximum Gasteiger partial charge on any atom is 0.191 e. The van der Waals surface area contributed by atoms with E-state index in [-0.39, 0.29) is 4.75 Å². The Morgan fingerprint density at radius 2 is 1.78 bits per heavy atom. The summed E-state index contributed by atoms with van der Waals surface area (Å²) in [6, 6.07) is 0. The van der Waals surface area contributed by atoms with Crippen molar-refractivity contribution in [3.63, 3.8) is 0 Å². The van der Waals surface area contributed by atoms with Crippen molar-refractivity contribution in [1.29, 1.82) is 0 Å². The fourth-order valence-electron chi connectivity index (χ4n) is 1.95. The predicted octanol–water partition coefficient (Wildman–Crippen LogP) is 1.72. The summed E-state index contributed by atoms with van der Waals surface area (Å²) in [6.07, 6.45) is 4.98. The van der Waals surface area contributed by atoms with Gasteiger partial charge in [-0.1, -0.05) is 12.8 Å². The fraction of sp³-hybridized carbons (Fsp3) is 0.923. The Labute approximate surface area is 113 Å². The molecule has 0 aromatic carbocycles. The molecule has 0 aliphatic carbocycles. The maximum atomic E-state index is 11.9. The molecule has 1 fully saturated rings. The lowest BCUT2D eigenvalue weighted by Gasteiger charge is -2.21. The van der Waals surface area contributed by atoms with Crippen LogP contribution in [0.4, 0.5) is 0 Å². The molecule has 18 heavy (non-hydrogen) atoms. The zero-order valence-corrected chi connectivity index (χ0v) is 12.8. The summed E-state index contributed by atoms with van der Waals surface area (Å²) in [6.45, 7) is 8.56. The Bertz CT molecular complexity index is 302. The molecule has 1 atom stereocenters. The van der Waals surface area contributed by atoms with Gasteiger partial charge in [0.05, 0.1) is 6.54 Å². The third-order valence-corrected chi connectivity index (χ3v) is 5.08. The molecule has 0 saturated carbocycles. The van der Waals surface area contributed by atoms with E-state index in [1.54, 1.807) is 0 Å². The van der Waals surface area contributed by atoms with Crippen LogP contribution in [0, 0.1) is 0 Å². The fourth-order valence-corrected chi connectivity index (χ4v) is 2.82. The van der Waals surface area contributed by atoms with Crippen LogP contribution in [0.3, 0.4) is 0 Å². The first kappa shape index (κ1) is 15.5. The van der Waals surface area contributed by atoms with Crippen LogP contribution in [0.2, 0.25) is 0 Å². The number of nitrogens with two attached hydrogens (primary N) is 1. The minimum absolute atomic E-state index is 0.160. The van der Waals surface area contributed by atoms with Gasteiger partial charge in [0.1, 0.15) is 0 Å². The van der Waals surface area contributed by atoms with Gasteiger partial charge in [0.2, 0.25) is 0 Å². The molecule has 2 N–H and O–H groups in total. The number of nitrogens with zero attached hydrogens (tertiary/aromatic N) is 2. The summed E-state index contributed by atoms with van der Waals surface area (Å²) >= 11 is 0. The number of guanidine groups is 1. The van der Waals surface area contributed by atoms with Crippen molar-refractivity contribution >= 4 is 16.8 Å². The average Bonchev–Trinajstić information content (AvgIpc) is 2.55. The number of likely N-dealkylation sites (tertiary alicyclic amines) is 1. The van der Waals surface area contributed by atoms with E-state index < -0.39 is 10.8 Å². The topological polar surface area (TPSA) is 58.7 Å². The van der Waals surface area contributed by atoms with E-state index in [4.69, 9.17) is 5.73 Å². The highest BCUT2D eigenvalue weighted by atomic mass is 32.2. The van der Waals surface area contributed by atoms with Crippen LogP contribution in [0.25, 0.3) is 0 Å². The Morgan fingerprint density at radius 1 is 1.22 bits per heavy atom. The van der Waals surface area contributed by atoms with Crippen molar-refractivity contribution in [2.45, 2.75) is 51.2 Å². The summed E-state index contributed by atoms with van der Waals surface area (Å²) in [5.74, 6) is 1.22. The van der Waals surface area contributed by atoms with Gasteiger partial charge < -0.3 is 10.6 Å². The Kier molecular flexibility index (Phi) is 6.12. The van der Waals surface area contributed by atoms with Crippen LogP contribution in [0.1, 0.15) is 46.5 Å². The van der Waals surface area contributed by atoms with E-state index in [9.17, 15) is 4.21 Å². The first-order valence-corrected chi connectivity index (χ1v) is 8.16. The van der Waals surface area contributed by atoms with Crippen molar-refractivity contribution in [2.24, 2.45) is 10.7 Å². The third-order valence-electron chi connectivity index (χ3n) is 3.16. The molecule has 0 spiro atoms. The predicted molar refractivity (Wildman–Crippen MR) is 79.3 cm³/mol. The second-order valence-electron chi connectivity index (χ2n) is 5.80. The van der Waals surface area contributed by atoms with Gasteiger partial charge >= 0.3 is 0 Å². The van der Waals surface area contributed by atoms with Crippen molar-refractivity contribution in [2.75, 3.05) is 25.4 Å². The van der Waals surface area contributed by atoms with Crippen LogP contribution >= 0.6 is 0 Å². The van der Waals surface area contributed by atoms with E-state index in [2.05, 4.69) is 9.89 Å². The van der Waals surface area contributed by atoms with Gasteiger partial charge in [-0.2, -0.15) is 0 Å². The second-order valence-corrected chi connectivity index (χ2v) is 8.13. The minimum atomic E-state index is -0.843. The molecule has 4 nitrogen and oxygen atoms in total. The zero-order chi connectivity index (χ0) is 13.6. The Hall–Kier alpha value is -0.580. The molecule has 1 rings (SSSR count). The third kappa shape index (κ3) is 5.38. The number of hydrogen-bond acceptors (Lipinski definition) is 2. The lowest BCUT2D eigenvalue weighted by Crippen LogP contribution is -2.38. The molecule has 0 radical (unpaired) electrons. The van der Waals surface area contributed by atoms with E-state index >= 15 is 0 Å². The van der Waals surface area contributed by atoms with Gasteiger partial charge in [-0.05, 0) is 33.6 Å². The summed E-state index contributed by atoms with van der Waals surface area (Å²) in [7, 11) is -0.843. The van der Waals surface area contributed by atoms with Gasteiger partial charge in [0.15, 0.2) is 5.96 Å². The molecule has 0 aromatic heterocycles. The lowest BCUT2D eigenvalue weighted by molar-refractivity contribution is 0.429. The van der Waals surface area contributed by atoms with Crippen molar-refractivity contribution < 1.29 is 4.21 Å². The number of rotatable bonds is 3. The number of hydrogen-bond donors (Lipinski definition) is 1. The molecule has 1 heterocycles. The van der Waals surface area contributed by atoms with Gasteiger partial charge in [0.25, 0.3) is 0 Å². The molecule has 5 heteroatoms. The smallest absolute Gasteiger partial charge is 0.191 e. The standard InChI is InChI=1S/C13H27N3OS/c1-13(2,3)18(17)11-8-15-12(14)16-9-6-4-5-7-10-16/h4-11H2,1-3H3,(H2,14,15)/t18-/m1/s1. The van der Waals surface area contributed by atoms with Gasteiger partial charge in [-0.25, -0.2) is 0 Å². The van der Waals surface area contributed by atoms with Crippen molar-refractivity contribution in [1.82, 2.24) is 4.90 Å². The van der Waals surface area contributed by atoms with Gasteiger partial charge in [0, 0.05) is 34.4 Å². The van der Waals surface area contributed by atoms with E-state index in [1.807, 2.05) is 20.8 Å². The molecule has 0 unspecified atom stereocenters. The molecular formula is C13H27N3OS. The van der Waals surface area contributed by atoms with E-state index in [1.165, 1.54) is 25.7 Å². The van der Waals surface area contributed by atoms with Crippen LogP contribution in [-0.4, -0.2) is 45.2 Å². The maximum absolute atomic E-state index is 11.9. The first-order valence-electron chi connectivity index (χ1n) is 6.84. The lowest BCUT2D eigenvalue weighted by atomic mass is 10.2. The average molecular weight is 273 g/mol. The van der Waals surface area contributed by atoms with Crippen LogP contribution < -0.4 is 5.73 Å². The molecule has 1 aliphatic heterocycles. The van der Waals surface area contributed by atoms with Crippen molar-refractivity contribution in [3.05, 3.63) is 0 Å². The molecular weight excluding hydrogens is 246 g/mol. The molecule has 0 aromatic rings. The SMILES string of the molecule is CC(C)(C)[S@](=O)CCN=C(N)N1CCCCCC1. The van der Waals surface area contributed by atoms with Gasteiger partial charge in [-0.3, -0.25) is 9.20 Å². The summed E-state index contributed by atoms with van der Waals surface area (Å²) < 4.78 is 11.7. The molecule has 0 bridgehead atoms. The monoisotopic (exact) mass is 273 g/mol. The van der Waals surface area contributed by atoms with E-state index in [0.29, 0.717) is 18.3 Å². The Balaban J connectivity index is 2.39. The summed E-state index contributed by atoms with van der Waals surface area (Å²) in [5, 5.41) is 0. The normalized spacial score (nSPS) is 20.6. The number of aliphatic imine (C=N–C) groups is 1. The molecule has 1 saturated heterocycles. The van der Waals surface area contributed by atoms with E-state index in [0.717, 1.165) is 13.1 Å². The first-order chi connectivity index (χ1) is 8.41. The van der Waals surface area contributed by atoms with Gasteiger partial charge in [-0.15, -0.1) is 0 Å². The Morgan fingerprint density at radius 3 is 2.28 bits per heavy atom. The largest absolute Gasteiger partial charge is 0.370 e. The molecule has 1 aliphatic rings. The van der Waals surface area contributed by atoms with Crippen LogP contribution in [0.5, 0.6) is 0 Å². The van der Waals surface area contributed by atoms with Crippen LogP contribution in [0.15, 0.2) is 4.99 Å². The second kappa shape index (κ2) is 7.12. The quantitative estimate of drug-likeness (QED) is 0.629. The van der Waals surface area contributed by atoms with Crippen LogP contribution in [-0.2, 0) is 10.8 Å². The highest BCUT2D eigenvalue weighted by molar-refractivity contribution is 7.86. The highest BCUT2D eigenvalue weighted by Crippen LogP contribution is 2.11. The summed E-state index contributed by atoms with van der Waals surface area (Å²) in [4.78, 5) is 6.53. The van der Waals surface area contributed by atoms with Crippen molar-refractivity contribution in [3.8, 4) is 0 Å². The highest BCUT2D eigenvalue weighted by Gasteiger charge is 2.18. The zero-order valence-electron chi connectivity index (χ0n) is 11.9.